The number of aliphatic hydroxyl groups is 3. The van der Waals surface area contributed by atoms with Gasteiger partial charge in [-0.2, -0.15) is 0 Å². The molecule has 0 saturated heterocycles. The highest BCUT2D eigenvalue weighted by molar-refractivity contribution is 4.84. The molecule has 0 aliphatic heterocycles. The van der Waals surface area contributed by atoms with Gasteiger partial charge in [-0.3, -0.25) is 0 Å². The molecule has 0 fully saturated rings. The lowest BCUT2D eigenvalue weighted by Crippen LogP contribution is -2.49. The molecule has 0 aliphatic carbocycles. The Morgan fingerprint density at radius 3 is 1.80 bits per heavy atom. The van der Waals surface area contributed by atoms with Crippen molar-refractivity contribution in [2.24, 2.45) is 11.3 Å². The van der Waals surface area contributed by atoms with E-state index in [-0.39, 0.29) is 24.5 Å². The van der Waals surface area contributed by atoms with Crippen molar-refractivity contribution in [3.8, 4) is 0 Å². The van der Waals surface area contributed by atoms with Gasteiger partial charge in [0.25, 0.3) is 0 Å². The first kappa shape index (κ1) is 19.8. The van der Waals surface area contributed by atoms with Gasteiger partial charge in [-0.25, -0.2) is 0 Å². The summed E-state index contributed by atoms with van der Waals surface area (Å²) < 4.78 is 11.0. The molecule has 0 saturated carbocycles. The number of rotatable bonds is 7. The van der Waals surface area contributed by atoms with Crippen molar-refractivity contribution >= 4 is 0 Å². The minimum absolute atomic E-state index is 0.0500. The van der Waals surface area contributed by atoms with Gasteiger partial charge in [0, 0.05) is 0 Å². The van der Waals surface area contributed by atoms with Gasteiger partial charge in [-0.05, 0) is 32.1 Å². The maximum atomic E-state index is 10.3. The van der Waals surface area contributed by atoms with Crippen LogP contribution in [-0.4, -0.2) is 52.6 Å². The van der Waals surface area contributed by atoms with Crippen LogP contribution >= 0.6 is 0 Å². The molecular formula is C15H32O5. The largest absolute Gasteiger partial charge is 0.394 e. The second-order valence-corrected chi connectivity index (χ2v) is 7.33. The first-order chi connectivity index (χ1) is 8.90. The van der Waals surface area contributed by atoms with Crippen LogP contribution in [-0.2, 0) is 9.47 Å². The molecule has 4 atom stereocenters. The number of hydrogen-bond acceptors (Lipinski definition) is 5. The molecule has 0 aromatic carbocycles. The fraction of sp³-hybridized carbons (Fsp3) is 1.00. The summed E-state index contributed by atoms with van der Waals surface area (Å²) in [7, 11) is 0. The van der Waals surface area contributed by atoms with E-state index in [9.17, 15) is 10.2 Å². The summed E-state index contributed by atoms with van der Waals surface area (Å²) in [6.45, 7) is 13.3. The third kappa shape index (κ3) is 6.99. The Hall–Kier alpha value is -0.200. The molecule has 0 aromatic rings. The molecule has 0 bridgehead atoms. The van der Waals surface area contributed by atoms with Crippen LogP contribution in [0.3, 0.4) is 0 Å². The Kier molecular flexibility index (Phi) is 7.63. The molecule has 3 N–H and O–H groups in total. The second-order valence-electron chi connectivity index (χ2n) is 7.33. The predicted molar refractivity (Wildman–Crippen MR) is 78.3 cm³/mol. The van der Waals surface area contributed by atoms with Crippen LogP contribution in [0.4, 0.5) is 0 Å². The van der Waals surface area contributed by atoms with E-state index in [4.69, 9.17) is 14.6 Å². The molecule has 0 spiro atoms. The third-order valence-electron chi connectivity index (χ3n) is 3.35. The molecule has 0 aliphatic rings. The zero-order valence-electron chi connectivity index (χ0n) is 13.9. The quantitative estimate of drug-likeness (QED) is 0.620. The van der Waals surface area contributed by atoms with Gasteiger partial charge in [-0.1, -0.05) is 27.7 Å². The Morgan fingerprint density at radius 1 is 0.950 bits per heavy atom. The summed E-state index contributed by atoms with van der Waals surface area (Å²) in [5.41, 5.74) is -0.671. The summed E-state index contributed by atoms with van der Waals surface area (Å²) in [6, 6.07) is 0. The minimum Gasteiger partial charge on any atom is -0.394 e. The summed E-state index contributed by atoms with van der Waals surface area (Å²) in [5, 5.41) is 29.5. The van der Waals surface area contributed by atoms with Crippen LogP contribution in [0.25, 0.3) is 0 Å². The van der Waals surface area contributed by atoms with Crippen LogP contribution in [0.1, 0.15) is 48.5 Å². The van der Waals surface area contributed by atoms with E-state index in [1.165, 1.54) is 0 Å². The van der Waals surface area contributed by atoms with Crippen LogP contribution in [0.2, 0.25) is 0 Å². The third-order valence-corrected chi connectivity index (χ3v) is 3.35. The van der Waals surface area contributed by atoms with E-state index in [2.05, 4.69) is 0 Å². The van der Waals surface area contributed by atoms with Crippen LogP contribution in [0, 0.1) is 11.3 Å². The molecule has 0 rings (SSSR count). The molecule has 0 amide bonds. The summed E-state index contributed by atoms with van der Waals surface area (Å²) >= 11 is 0. The lowest BCUT2D eigenvalue weighted by atomic mass is 9.77. The minimum atomic E-state index is -1.17. The molecule has 5 nitrogen and oxygen atoms in total. The van der Waals surface area contributed by atoms with Crippen molar-refractivity contribution in [3.63, 3.8) is 0 Å². The normalized spacial score (nSPS) is 19.5. The topological polar surface area (TPSA) is 79.2 Å². The number of ether oxygens (including phenoxy) is 2. The van der Waals surface area contributed by atoms with Gasteiger partial charge in [0.1, 0.15) is 6.10 Å². The fourth-order valence-corrected chi connectivity index (χ4v) is 1.69. The zero-order valence-corrected chi connectivity index (χ0v) is 13.9. The maximum Gasteiger partial charge on any atom is 0.186 e. The first-order valence-electron chi connectivity index (χ1n) is 7.16. The predicted octanol–water partition coefficient (Wildman–Crippen LogP) is 1.54. The van der Waals surface area contributed by atoms with Crippen molar-refractivity contribution < 1.29 is 24.8 Å². The molecule has 0 aromatic heterocycles. The molecule has 5 heteroatoms. The van der Waals surface area contributed by atoms with Crippen LogP contribution < -0.4 is 0 Å². The Bertz CT molecular complexity index is 266. The average Bonchev–Trinajstić information content (AvgIpc) is 2.29. The smallest absolute Gasteiger partial charge is 0.186 e. The monoisotopic (exact) mass is 292 g/mol. The highest BCUT2D eigenvalue weighted by Gasteiger charge is 2.38. The van der Waals surface area contributed by atoms with Crippen LogP contribution in [0.5, 0.6) is 0 Å². The van der Waals surface area contributed by atoms with E-state index < -0.39 is 24.1 Å². The Labute approximate surface area is 122 Å². The molecular weight excluding hydrogens is 260 g/mol. The van der Waals surface area contributed by atoms with Crippen LogP contribution in [0.15, 0.2) is 0 Å². The highest BCUT2D eigenvalue weighted by atomic mass is 16.7. The molecule has 122 valence electrons. The van der Waals surface area contributed by atoms with Crippen molar-refractivity contribution in [2.75, 3.05) is 13.2 Å². The Balaban J connectivity index is 4.88. The van der Waals surface area contributed by atoms with E-state index in [1.807, 2.05) is 48.5 Å². The van der Waals surface area contributed by atoms with E-state index >= 15 is 0 Å². The lowest BCUT2D eigenvalue weighted by molar-refractivity contribution is -0.258. The molecule has 4 unspecified atom stereocenters. The van der Waals surface area contributed by atoms with E-state index in [1.54, 1.807) is 0 Å². The van der Waals surface area contributed by atoms with Crippen molar-refractivity contribution in [3.05, 3.63) is 0 Å². The molecule has 0 radical (unpaired) electrons. The molecule has 20 heavy (non-hydrogen) atoms. The van der Waals surface area contributed by atoms with Gasteiger partial charge in [0.15, 0.2) is 6.29 Å². The highest BCUT2D eigenvalue weighted by Crippen LogP contribution is 2.31. The Morgan fingerprint density at radius 2 is 1.45 bits per heavy atom. The molecule has 0 heterocycles. The SMILES string of the molecule is CC(C(O)C(O)C(OCCO)OC(C)(C)C)C(C)(C)C. The summed E-state index contributed by atoms with van der Waals surface area (Å²) in [5.74, 6) is -0.138. The van der Waals surface area contributed by atoms with Crippen molar-refractivity contribution in [1.82, 2.24) is 0 Å². The van der Waals surface area contributed by atoms with Gasteiger partial charge < -0.3 is 24.8 Å². The summed E-state index contributed by atoms with van der Waals surface area (Å²) in [6.07, 6.45) is -3.11. The van der Waals surface area contributed by atoms with Crippen molar-refractivity contribution in [1.29, 1.82) is 0 Å². The van der Waals surface area contributed by atoms with Gasteiger partial charge in [0.05, 0.1) is 24.9 Å². The van der Waals surface area contributed by atoms with Gasteiger partial charge in [-0.15, -0.1) is 0 Å². The average molecular weight is 292 g/mol. The maximum absolute atomic E-state index is 10.3. The second kappa shape index (κ2) is 7.71. The zero-order chi connectivity index (χ0) is 16.1. The fourth-order valence-electron chi connectivity index (χ4n) is 1.69. The summed E-state index contributed by atoms with van der Waals surface area (Å²) in [4.78, 5) is 0. The first-order valence-corrected chi connectivity index (χ1v) is 7.16. The lowest BCUT2D eigenvalue weighted by Gasteiger charge is -2.38. The van der Waals surface area contributed by atoms with Gasteiger partial charge >= 0.3 is 0 Å². The van der Waals surface area contributed by atoms with E-state index in [0.717, 1.165) is 0 Å². The van der Waals surface area contributed by atoms with Crippen molar-refractivity contribution in [2.45, 2.75) is 72.6 Å². The number of aliphatic hydroxyl groups excluding tert-OH is 3. The number of hydrogen-bond donors (Lipinski definition) is 3. The standard InChI is InChI=1S/C15H32O5/c1-10(14(2,3)4)11(17)12(18)13(19-9-8-16)20-15(5,6)7/h10-13,16-18H,8-9H2,1-7H3. The van der Waals surface area contributed by atoms with Gasteiger partial charge in [0.2, 0.25) is 0 Å². The van der Waals surface area contributed by atoms with E-state index in [0.29, 0.717) is 0 Å².